The number of benzene rings is 3. The molecular weight excluding hydrogens is 536 g/mol. The number of para-hydroxylation sites is 1. The maximum absolute atomic E-state index is 13.1. The fourth-order valence-corrected chi connectivity index (χ4v) is 5.11. The van der Waals surface area contributed by atoms with E-state index < -0.39 is 0 Å². The molecule has 0 unspecified atom stereocenters. The smallest absolute Gasteiger partial charge is 0.275 e. The highest BCUT2D eigenvalue weighted by atomic mass is 16.7. The summed E-state index contributed by atoms with van der Waals surface area (Å²) in [7, 11) is 0. The Kier molecular flexibility index (Phi) is 8.05. The van der Waals surface area contributed by atoms with E-state index in [2.05, 4.69) is 16.0 Å². The summed E-state index contributed by atoms with van der Waals surface area (Å²) < 4.78 is 22.9. The quantitative estimate of drug-likeness (QED) is 0.287. The van der Waals surface area contributed by atoms with Crippen molar-refractivity contribution in [3.05, 3.63) is 102 Å². The Bertz CT molecular complexity index is 1550. The number of ether oxygens (including phenoxy) is 3. The molecule has 216 valence electrons. The van der Waals surface area contributed by atoms with Gasteiger partial charge < -0.3 is 28.4 Å². The number of aromatic nitrogens is 1. The zero-order chi connectivity index (χ0) is 28.9. The summed E-state index contributed by atoms with van der Waals surface area (Å²) in [6, 6.07) is 23.6. The first-order valence-corrected chi connectivity index (χ1v) is 13.9. The van der Waals surface area contributed by atoms with Crippen LogP contribution in [0.3, 0.4) is 0 Å². The predicted molar refractivity (Wildman–Crippen MR) is 153 cm³/mol. The lowest BCUT2D eigenvalue weighted by molar-refractivity contribution is -0.130. The molecule has 6 rings (SSSR count). The molecule has 0 atom stereocenters. The summed E-state index contributed by atoms with van der Waals surface area (Å²) in [4.78, 5) is 34.9. The molecule has 10 heteroatoms. The first-order chi connectivity index (χ1) is 20.5. The molecular formula is C32H32N4O6. The van der Waals surface area contributed by atoms with Gasteiger partial charge in [0.1, 0.15) is 17.8 Å². The summed E-state index contributed by atoms with van der Waals surface area (Å²) in [6.07, 6.45) is 1.42. The number of carbonyl (C=O) groups excluding carboxylic acids is 2. The van der Waals surface area contributed by atoms with Gasteiger partial charge in [-0.1, -0.05) is 36.4 Å². The topological polar surface area (TPSA) is 97.6 Å². The summed E-state index contributed by atoms with van der Waals surface area (Å²) >= 11 is 0. The number of nitrogens with zero attached hydrogens (tertiary/aromatic N) is 4. The monoisotopic (exact) mass is 568 g/mol. The van der Waals surface area contributed by atoms with Crippen LogP contribution < -0.4 is 14.2 Å². The number of rotatable bonds is 9. The second kappa shape index (κ2) is 12.4. The van der Waals surface area contributed by atoms with E-state index in [1.54, 1.807) is 16.7 Å². The van der Waals surface area contributed by atoms with Crippen LogP contribution in [-0.4, -0.2) is 64.5 Å². The Labute approximate surface area is 244 Å². The minimum atomic E-state index is -0.193. The highest BCUT2D eigenvalue weighted by molar-refractivity contribution is 5.92. The van der Waals surface area contributed by atoms with E-state index >= 15 is 0 Å². The molecule has 0 spiro atoms. The van der Waals surface area contributed by atoms with Gasteiger partial charge in [-0.15, -0.1) is 0 Å². The number of piperazine rings is 1. The highest BCUT2D eigenvalue weighted by Gasteiger charge is 2.26. The molecule has 3 aromatic carbocycles. The van der Waals surface area contributed by atoms with E-state index in [4.69, 9.17) is 18.6 Å². The molecule has 0 N–H and O–H groups in total. The van der Waals surface area contributed by atoms with Crippen LogP contribution in [0.2, 0.25) is 0 Å². The largest absolute Gasteiger partial charge is 0.457 e. The molecule has 2 amide bonds. The van der Waals surface area contributed by atoms with E-state index in [9.17, 15) is 9.59 Å². The van der Waals surface area contributed by atoms with Crippen molar-refractivity contribution >= 4 is 11.8 Å². The molecule has 0 saturated carbocycles. The van der Waals surface area contributed by atoms with Crippen LogP contribution in [0.25, 0.3) is 0 Å². The second-order valence-electron chi connectivity index (χ2n) is 10.3. The molecule has 1 saturated heterocycles. The van der Waals surface area contributed by atoms with Gasteiger partial charge in [-0.25, -0.2) is 4.98 Å². The van der Waals surface area contributed by atoms with Crippen LogP contribution in [-0.2, 0) is 24.4 Å². The van der Waals surface area contributed by atoms with Gasteiger partial charge in [0.2, 0.25) is 18.6 Å². The minimum absolute atomic E-state index is 0.0190. The number of hydrogen-bond donors (Lipinski definition) is 0. The Balaban J connectivity index is 1.17. The van der Waals surface area contributed by atoms with Crippen LogP contribution in [0.4, 0.5) is 0 Å². The van der Waals surface area contributed by atoms with Crippen molar-refractivity contribution in [1.29, 1.82) is 0 Å². The Morgan fingerprint density at radius 3 is 2.31 bits per heavy atom. The third-order valence-corrected chi connectivity index (χ3v) is 7.27. The van der Waals surface area contributed by atoms with E-state index in [1.807, 2.05) is 66.7 Å². The van der Waals surface area contributed by atoms with Gasteiger partial charge >= 0.3 is 0 Å². The molecule has 3 heterocycles. The number of oxazole rings is 1. The van der Waals surface area contributed by atoms with E-state index in [-0.39, 0.29) is 24.3 Å². The fraction of sp³-hybridized carbons (Fsp3) is 0.281. The van der Waals surface area contributed by atoms with Gasteiger partial charge in [-0.05, 0) is 47.5 Å². The zero-order valence-corrected chi connectivity index (χ0v) is 23.4. The summed E-state index contributed by atoms with van der Waals surface area (Å²) in [5.74, 6) is 3.24. The molecule has 1 aromatic heterocycles. The minimum Gasteiger partial charge on any atom is -0.457 e. The number of hydrogen-bond acceptors (Lipinski definition) is 8. The molecule has 0 bridgehead atoms. The van der Waals surface area contributed by atoms with Crippen molar-refractivity contribution in [1.82, 2.24) is 19.7 Å². The number of amides is 2. The van der Waals surface area contributed by atoms with Gasteiger partial charge in [0, 0.05) is 46.2 Å². The fourth-order valence-electron chi connectivity index (χ4n) is 5.11. The van der Waals surface area contributed by atoms with Crippen molar-refractivity contribution in [2.75, 3.05) is 33.0 Å². The average Bonchev–Trinajstić information content (AvgIpc) is 3.67. The van der Waals surface area contributed by atoms with E-state index in [0.717, 1.165) is 34.1 Å². The van der Waals surface area contributed by atoms with Gasteiger partial charge in [0.25, 0.3) is 5.91 Å². The zero-order valence-electron chi connectivity index (χ0n) is 23.4. The lowest BCUT2D eigenvalue weighted by Crippen LogP contribution is -2.50. The highest BCUT2D eigenvalue weighted by Crippen LogP contribution is 2.33. The van der Waals surface area contributed by atoms with Crippen molar-refractivity contribution in [2.24, 2.45) is 0 Å². The molecule has 2 aliphatic heterocycles. The Morgan fingerprint density at radius 1 is 0.810 bits per heavy atom. The van der Waals surface area contributed by atoms with Crippen molar-refractivity contribution in [3.63, 3.8) is 0 Å². The molecule has 4 aromatic rings. The lowest BCUT2D eigenvalue weighted by Gasteiger charge is -2.33. The molecule has 42 heavy (non-hydrogen) atoms. The van der Waals surface area contributed by atoms with Crippen molar-refractivity contribution < 1.29 is 28.2 Å². The molecule has 1 fully saturated rings. The second-order valence-corrected chi connectivity index (χ2v) is 10.3. The molecule has 0 radical (unpaired) electrons. The normalized spacial score (nSPS) is 14.3. The van der Waals surface area contributed by atoms with E-state index in [0.29, 0.717) is 51.7 Å². The molecule has 10 nitrogen and oxygen atoms in total. The number of carbonyl (C=O) groups is 2. The van der Waals surface area contributed by atoms with Crippen molar-refractivity contribution in [3.8, 4) is 23.0 Å². The lowest BCUT2D eigenvalue weighted by atomic mass is 10.1. The van der Waals surface area contributed by atoms with Gasteiger partial charge in [0.05, 0.1) is 6.54 Å². The third-order valence-electron chi connectivity index (χ3n) is 7.27. The predicted octanol–water partition coefficient (Wildman–Crippen LogP) is 4.70. The molecule has 2 aliphatic rings. The average molecular weight is 569 g/mol. The number of fused-ring (bicyclic) bond motifs is 1. The summed E-state index contributed by atoms with van der Waals surface area (Å²) in [5, 5.41) is 0. The van der Waals surface area contributed by atoms with Crippen molar-refractivity contribution in [2.45, 2.75) is 26.6 Å². The Morgan fingerprint density at radius 2 is 1.52 bits per heavy atom. The first kappa shape index (κ1) is 27.3. The van der Waals surface area contributed by atoms with Gasteiger partial charge in [0.15, 0.2) is 17.2 Å². The van der Waals surface area contributed by atoms with Crippen LogP contribution in [0.15, 0.2) is 83.5 Å². The van der Waals surface area contributed by atoms with E-state index in [1.165, 1.54) is 6.26 Å². The maximum Gasteiger partial charge on any atom is 0.275 e. The molecule has 0 aliphatic carbocycles. The Hall–Kier alpha value is -4.83. The van der Waals surface area contributed by atoms with Crippen LogP contribution >= 0.6 is 0 Å². The standard InChI is InChI=1S/C32H32N4O6/c1-23(37)35-12-14-36(15-13-35)32(38)28-21-39-31(33-28)20-34(19-25-10-11-29-30(17-25)41-22-40-29)18-24-6-5-9-27(16-24)42-26-7-3-2-4-8-26/h2-11,16-17,21H,12-15,18-20,22H2,1H3. The maximum atomic E-state index is 13.1. The summed E-state index contributed by atoms with van der Waals surface area (Å²) in [5.41, 5.74) is 2.36. The first-order valence-electron chi connectivity index (χ1n) is 13.9. The van der Waals surface area contributed by atoms with Gasteiger partial charge in [-0.3, -0.25) is 14.5 Å². The van der Waals surface area contributed by atoms with Crippen LogP contribution in [0.5, 0.6) is 23.0 Å². The van der Waals surface area contributed by atoms with Crippen LogP contribution in [0.1, 0.15) is 34.4 Å². The SMILES string of the molecule is CC(=O)N1CCN(C(=O)c2coc(CN(Cc3cccc(Oc4ccccc4)c3)Cc3ccc4c(c3)OCO4)n2)CC1. The van der Waals surface area contributed by atoms with Gasteiger partial charge in [-0.2, -0.15) is 0 Å². The van der Waals surface area contributed by atoms with Crippen LogP contribution in [0, 0.1) is 0 Å². The third kappa shape index (κ3) is 6.55. The summed E-state index contributed by atoms with van der Waals surface area (Å²) in [6.45, 7) is 5.28.